The van der Waals surface area contributed by atoms with E-state index in [1.165, 1.54) is 6.07 Å². The van der Waals surface area contributed by atoms with Crippen LogP contribution in [-0.4, -0.2) is 18.1 Å². The normalized spacial score (nSPS) is 9.85. The number of esters is 1. The second kappa shape index (κ2) is 3.70. The Morgan fingerprint density at radius 2 is 2.31 bits per heavy atom. The molecule has 0 saturated carbocycles. The van der Waals surface area contributed by atoms with E-state index in [0.717, 1.165) is 7.11 Å². The number of hydrogen-bond donors (Lipinski definition) is 0. The maximum atomic E-state index is 13.1. The average molecular weight is 204 g/mol. The zero-order valence-corrected chi connectivity index (χ0v) is 7.85. The van der Waals surface area contributed by atoms with Crippen molar-refractivity contribution in [2.75, 3.05) is 7.11 Å². The van der Waals surface area contributed by atoms with Crippen LogP contribution in [0.15, 0.2) is 6.07 Å². The van der Waals surface area contributed by atoms with Crippen LogP contribution in [0.4, 0.5) is 4.39 Å². The van der Waals surface area contributed by atoms with E-state index in [0.29, 0.717) is 5.69 Å². The summed E-state index contributed by atoms with van der Waals surface area (Å²) in [5, 5.41) is -0.132. The van der Waals surface area contributed by atoms with Crippen molar-refractivity contribution in [1.29, 1.82) is 0 Å². The van der Waals surface area contributed by atoms with Crippen LogP contribution in [0.2, 0.25) is 5.02 Å². The molecule has 0 amide bonds. The lowest BCUT2D eigenvalue weighted by atomic mass is 10.3. The van der Waals surface area contributed by atoms with Gasteiger partial charge in [0.15, 0.2) is 11.5 Å². The minimum absolute atomic E-state index is 0.132. The number of hydrogen-bond acceptors (Lipinski definition) is 3. The zero-order chi connectivity index (χ0) is 10.0. The molecule has 0 aliphatic rings. The van der Waals surface area contributed by atoms with Crippen LogP contribution in [0.5, 0.6) is 0 Å². The molecule has 5 heteroatoms. The molecule has 0 radical (unpaired) electrons. The molecule has 0 spiro atoms. The van der Waals surface area contributed by atoms with E-state index < -0.39 is 11.8 Å². The van der Waals surface area contributed by atoms with E-state index in [4.69, 9.17) is 11.6 Å². The third-order valence-electron chi connectivity index (χ3n) is 1.42. The van der Waals surface area contributed by atoms with Gasteiger partial charge in [-0.1, -0.05) is 11.6 Å². The summed E-state index contributed by atoms with van der Waals surface area (Å²) in [5.74, 6) is -1.68. The van der Waals surface area contributed by atoms with Gasteiger partial charge < -0.3 is 4.74 Å². The van der Waals surface area contributed by atoms with Crippen molar-refractivity contribution >= 4 is 17.6 Å². The summed E-state index contributed by atoms with van der Waals surface area (Å²) in [7, 11) is 1.15. The van der Waals surface area contributed by atoms with Crippen LogP contribution in [-0.2, 0) is 4.74 Å². The number of carbonyl (C=O) groups excluding carboxylic acids is 1. The SMILES string of the molecule is COC(=O)c1nc(C)cc(Cl)c1F. The van der Waals surface area contributed by atoms with E-state index in [1.807, 2.05) is 0 Å². The van der Waals surface area contributed by atoms with E-state index in [9.17, 15) is 9.18 Å². The topological polar surface area (TPSA) is 39.2 Å². The van der Waals surface area contributed by atoms with Crippen molar-refractivity contribution in [3.8, 4) is 0 Å². The third-order valence-corrected chi connectivity index (χ3v) is 1.70. The van der Waals surface area contributed by atoms with Crippen molar-refractivity contribution in [2.45, 2.75) is 6.92 Å². The van der Waals surface area contributed by atoms with Crippen molar-refractivity contribution in [1.82, 2.24) is 4.98 Å². The molecule has 0 fully saturated rings. The first kappa shape index (κ1) is 9.92. The third kappa shape index (κ3) is 1.95. The molecular weight excluding hydrogens is 197 g/mol. The van der Waals surface area contributed by atoms with Crippen LogP contribution < -0.4 is 0 Å². The van der Waals surface area contributed by atoms with E-state index in [-0.39, 0.29) is 10.7 Å². The molecule has 3 nitrogen and oxygen atoms in total. The number of aryl methyl sites for hydroxylation is 1. The number of nitrogens with zero attached hydrogens (tertiary/aromatic N) is 1. The number of carbonyl (C=O) groups is 1. The standard InChI is InChI=1S/C8H7ClFNO2/c1-4-3-5(9)6(10)7(11-4)8(12)13-2/h3H,1-2H3. The van der Waals surface area contributed by atoms with Crippen LogP contribution in [0.25, 0.3) is 0 Å². The van der Waals surface area contributed by atoms with Gasteiger partial charge in [-0.05, 0) is 13.0 Å². The van der Waals surface area contributed by atoms with Gasteiger partial charge in [0.1, 0.15) is 0 Å². The summed E-state index contributed by atoms with van der Waals surface area (Å²) in [4.78, 5) is 14.6. The lowest BCUT2D eigenvalue weighted by Gasteiger charge is -2.02. The number of methoxy groups -OCH3 is 1. The van der Waals surface area contributed by atoms with E-state index >= 15 is 0 Å². The predicted molar refractivity (Wildman–Crippen MR) is 45.3 cm³/mol. The Morgan fingerprint density at radius 1 is 1.69 bits per heavy atom. The maximum absolute atomic E-state index is 13.1. The minimum Gasteiger partial charge on any atom is -0.464 e. The molecule has 1 aromatic heterocycles. The van der Waals surface area contributed by atoms with Gasteiger partial charge in [0.2, 0.25) is 0 Å². The molecule has 0 bridgehead atoms. The zero-order valence-electron chi connectivity index (χ0n) is 7.10. The molecule has 0 unspecified atom stereocenters. The van der Waals surface area contributed by atoms with Crippen LogP contribution >= 0.6 is 11.6 Å². The average Bonchev–Trinajstić information content (AvgIpc) is 2.10. The molecule has 70 valence electrons. The summed E-state index contributed by atoms with van der Waals surface area (Å²) in [6.07, 6.45) is 0. The van der Waals surface area contributed by atoms with Crippen LogP contribution in [0, 0.1) is 12.7 Å². The monoisotopic (exact) mass is 203 g/mol. The molecule has 13 heavy (non-hydrogen) atoms. The summed E-state index contributed by atoms with van der Waals surface area (Å²) in [6.45, 7) is 1.61. The van der Waals surface area contributed by atoms with Crippen molar-refractivity contribution in [2.24, 2.45) is 0 Å². The Morgan fingerprint density at radius 3 is 2.85 bits per heavy atom. The van der Waals surface area contributed by atoms with Gasteiger partial charge in [-0.25, -0.2) is 14.2 Å². The largest absolute Gasteiger partial charge is 0.464 e. The molecule has 1 heterocycles. The molecule has 0 saturated heterocycles. The Kier molecular flexibility index (Phi) is 2.83. The molecule has 0 aromatic carbocycles. The van der Waals surface area contributed by atoms with Crippen molar-refractivity contribution in [3.05, 3.63) is 28.3 Å². The first-order valence-corrected chi connectivity index (χ1v) is 3.85. The highest BCUT2D eigenvalue weighted by atomic mass is 35.5. The van der Waals surface area contributed by atoms with Gasteiger partial charge in [0, 0.05) is 5.69 Å². The maximum Gasteiger partial charge on any atom is 0.359 e. The summed E-state index contributed by atoms with van der Waals surface area (Å²) < 4.78 is 17.5. The lowest BCUT2D eigenvalue weighted by Crippen LogP contribution is -2.08. The Labute approximate surface area is 79.5 Å². The van der Waals surface area contributed by atoms with E-state index in [2.05, 4.69) is 9.72 Å². The first-order valence-electron chi connectivity index (χ1n) is 3.47. The fourth-order valence-corrected chi connectivity index (χ4v) is 1.10. The number of rotatable bonds is 1. The summed E-state index contributed by atoms with van der Waals surface area (Å²) in [5.41, 5.74) is 0.0827. The highest BCUT2D eigenvalue weighted by Gasteiger charge is 2.17. The summed E-state index contributed by atoms with van der Waals surface area (Å²) >= 11 is 5.50. The molecule has 1 aromatic rings. The quantitative estimate of drug-likeness (QED) is 0.655. The summed E-state index contributed by atoms with van der Waals surface area (Å²) in [6, 6.07) is 1.34. The highest BCUT2D eigenvalue weighted by molar-refractivity contribution is 6.31. The van der Waals surface area contributed by atoms with Crippen molar-refractivity contribution < 1.29 is 13.9 Å². The second-order valence-corrected chi connectivity index (χ2v) is 2.81. The second-order valence-electron chi connectivity index (χ2n) is 2.40. The fourth-order valence-electron chi connectivity index (χ4n) is 0.850. The molecule has 0 aliphatic heterocycles. The van der Waals surface area contributed by atoms with Crippen molar-refractivity contribution in [3.63, 3.8) is 0 Å². The van der Waals surface area contributed by atoms with Gasteiger partial charge in [-0.15, -0.1) is 0 Å². The van der Waals surface area contributed by atoms with Gasteiger partial charge in [-0.2, -0.15) is 0 Å². The lowest BCUT2D eigenvalue weighted by molar-refractivity contribution is 0.0588. The molecule has 1 rings (SSSR count). The Bertz CT molecular complexity index is 354. The minimum atomic E-state index is -0.848. The molecule has 0 atom stereocenters. The number of halogens is 2. The smallest absolute Gasteiger partial charge is 0.359 e. The van der Waals surface area contributed by atoms with E-state index in [1.54, 1.807) is 6.92 Å². The van der Waals surface area contributed by atoms with Gasteiger partial charge >= 0.3 is 5.97 Å². The highest BCUT2D eigenvalue weighted by Crippen LogP contribution is 2.18. The van der Waals surface area contributed by atoms with Gasteiger partial charge in [-0.3, -0.25) is 0 Å². The molecule has 0 N–H and O–H groups in total. The fraction of sp³-hybridized carbons (Fsp3) is 0.250. The van der Waals surface area contributed by atoms with Gasteiger partial charge in [0.05, 0.1) is 12.1 Å². The van der Waals surface area contributed by atoms with Crippen LogP contribution in [0.1, 0.15) is 16.2 Å². The first-order chi connectivity index (χ1) is 6.06. The molecule has 0 aliphatic carbocycles. The Hall–Kier alpha value is -1.16. The number of ether oxygens (including phenoxy) is 1. The number of pyridine rings is 1. The Balaban J connectivity index is 3.28. The predicted octanol–water partition coefficient (Wildman–Crippen LogP) is 1.97. The van der Waals surface area contributed by atoms with Crippen LogP contribution in [0.3, 0.4) is 0 Å². The van der Waals surface area contributed by atoms with Gasteiger partial charge in [0.25, 0.3) is 0 Å². The molecular formula is C8H7ClFNO2. The number of aromatic nitrogens is 1.